The van der Waals surface area contributed by atoms with E-state index >= 15 is 0 Å². The maximum atomic E-state index is 12.5. The van der Waals surface area contributed by atoms with Gasteiger partial charge in [-0.1, -0.05) is 36.4 Å². The average Bonchev–Trinajstić information content (AvgIpc) is 3.46. The largest absolute Gasteiger partial charge is 0.298 e. The van der Waals surface area contributed by atoms with E-state index in [1.807, 2.05) is 23.6 Å². The molecule has 1 amide bonds. The molecule has 1 N–H and O–H groups in total. The van der Waals surface area contributed by atoms with Gasteiger partial charge >= 0.3 is 0 Å². The van der Waals surface area contributed by atoms with Crippen molar-refractivity contribution in [1.29, 1.82) is 0 Å². The first-order valence-electron chi connectivity index (χ1n) is 8.97. The summed E-state index contributed by atoms with van der Waals surface area (Å²) < 4.78 is 1.78. The number of nitrogens with zero attached hydrogens (tertiary/aromatic N) is 4. The zero-order valence-electron chi connectivity index (χ0n) is 15.2. The number of thiazole rings is 1. The first-order valence-corrected chi connectivity index (χ1v) is 9.85. The molecule has 0 aliphatic heterocycles. The highest BCUT2D eigenvalue weighted by Crippen LogP contribution is 2.28. The number of hydrogen-bond donors (Lipinski definition) is 1. The third-order valence-corrected chi connectivity index (χ3v) is 5.31. The molecule has 3 aromatic heterocycles. The zero-order chi connectivity index (χ0) is 19.6. The number of anilines is 1. The van der Waals surface area contributed by atoms with Crippen LogP contribution in [0.15, 0.2) is 84.9 Å². The van der Waals surface area contributed by atoms with Gasteiger partial charge in [0.2, 0.25) is 0 Å². The van der Waals surface area contributed by atoms with Crippen molar-refractivity contribution in [2.24, 2.45) is 0 Å². The Balaban J connectivity index is 1.33. The summed E-state index contributed by atoms with van der Waals surface area (Å²) in [5.74, 6) is 0.459. The molecule has 0 spiro atoms. The van der Waals surface area contributed by atoms with E-state index in [1.54, 1.807) is 41.6 Å². The number of carbonyl (C=O) groups is 1. The van der Waals surface area contributed by atoms with Crippen LogP contribution in [0.4, 0.5) is 5.13 Å². The molecule has 6 nitrogen and oxygen atoms in total. The number of aromatic nitrogens is 4. The third kappa shape index (κ3) is 3.51. The minimum absolute atomic E-state index is 0.242. The average molecular weight is 397 g/mol. The van der Waals surface area contributed by atoms with Crippen molar-refractivity contribution in [3.63, 3.8) is 0 Å². The fraction of sp³-hybridized carbons (Fsp3) is 0. The minimum atomic E-state index is -0.242. The van der Waals surface area contributed by atoms with Gasteiger partial charge in [-0.3, -0.25) is 14.7 Å². The van der Waals surface area contributed by atoms with E-state index in [4.69, 9.17) is 0 Å². The van der Waals surface area contributed by atoms with Gasteiger partial charge in [-0.05, 0) is 29.0 Å². The zero-order valence-corrected chi connectivity index (χ0v) is 16.0. The van der Waals surface area contributed by atoms with Crippen LogP contribution in [-0.4, -0.2) is 25.4 Å². The van der Waals surface area contributed by atoms with E-state index in [-0.39, 0.29) is 5.91 Å². The van der Waals surface area contributed by atoms with Crippen LogP contribution in [-0.2, 0) is 0 Å². The standard InChI is InChI=1S/C22H15N5OS/c28-21(18-7-8-20(24-12-18)27-10-9-23-14-27)26-22-25-19(13-29-22)17-6-5-15-3-1-2-4-16(15)11-17/h1-14H,(H,25,26,28). The number of amides is 1. The summed E-state index contributed by atoms with van der Waals surface area (Å²) in [6, 6.07) is 17.9. The number of hydrogen-bond acceptors (Lipinski definition) is 5. The molecule has 7 heteroatoms. The number of benzene rings is 2. The van der Waals surface area contributed by atoms with E-state index in [9.17, 15) is 4.79 Å². The summed E-state index contributed by atoms with van der Waals surface area (Å²) in [7, 11) is 0. The smallest absolute Gasteiger partial charge is 0.259 e. The Kier molecular flexibility index (Phi) is 4.34. The monoisotopic (exact) mass is 397 g/mol. The molecule has 5 rings (SSSR count). The molecule has 2 aromatic carbocycles. The predicted molar refractivity (Wildman–Crippen MR) is 114 cm³/mol. The van der Waals surface area contributed by atoms with Crippen LogP contribution < -0.4 is 5.32 Å². The van der Waals surface area contributed by atoms with Crippen molar-refractivity contribution < 1.29 is 4.79 Å². The van der Waals surface area contributed by atoms with Crippen molar-refractivity contribution in [3.05, 3.63) is 90.5 Å². The van der Waals surface area contributed by atoms with Crippen LogP contribution in [0.5, 0.6) is 0 Å². The summed E-state index contributed by atoms with van der Waals surface area (Å²) in [5, 5.41) is 7.69. The van der Waals surface area contributed by atoms with Gasteiger partial charge in [-0.2, -0.15) is 0 Å². The molecular weight excluding hydrogens is 382 g/mol. The van der Waals surface area contributed by atoms with Gasteiger partial charge in [0.05, 0.1) is 11.3 Å². The Labute approximate surface area is 170 Å². The van der Waals surface area contributed by atoms with E-state index in [2.05, 4.69) is 44.5 Å². The second-order valence-electron chi connectivity index (χ2n) is 6.43. The van der Waals surface area contributed by atoms with E-state index in [0.29, 0.717) is 16.5 Å². The molecule has 0 saturated carbocycles. The van der Waals surface area contributed by atoms with Crippen LogP contribution in [0.2, 0.25) is 0 Å². The Morgan fingerprint density at radius 3 is 2.72 bits per heavy atom. The number of rotatable bonds is 4. The van der Waals surface area contributed by atoms with Gasteiger partial charge in [-0.15, -0.1) is 11.3 Å². The fourth-order valence-electron chi connectivity index (χ4n) is 3.05. The predicted octanol–water partition coefficient (Wildman–Crippen LogP) is 4.80. The van der Waals surface area contributed by atoms with Gasteiger partial charge in [-0.25, -0.2) is 15.0 Å². The number of nitrogens with one attached hydrogen (secondary N) is 1. The van der Waals surface area contributed by atoms with Gasteiger partial charge in [0.1, 0.15) is 12.1 Å². The SMILES string of the molecule is O=C(Nc1nc(-c2ccc3ccccc3c2)cs1)c1ccc(-n2ccnc2)nc1. The summed E-state index contributed by atoms with van der Waals surface area (Å²) in [5.41, 5.74) is 2.33. The molecule has 29 heavy (non-hydrogen) atoms. The molecule has 0 bridgehead atoms. The molecule has 0 aliphatic carbocycles. The summed E-state index contributed by atoms with van der Waals surface area (Å²) >= 11 is 1.40. The summed E-state index contributed by atoms with van der Waals surface area (Å²) in [6.07, 6.45) is 6.68. The van der Waals surface area contributed by atoms with E-state index in [0.717, 1.165) is 16.6 Å². The molecule has 5 aromatic rings. The Hall–Kier alpha value is -3.84. The molecule has 0 radical (unpaired) electrons. The van der Waals surface area contributed by atoms with Crippen molar-refractivity contribution in [2.45, 2.75) is 0 Å². The maximum absolute atomic E-state index is 12.5. The van der Waals surface area contributed by atoms with Crippen LogP contribution in [0.3, 0.4) is 0 Å². The Bertz CT molecular complexity index is 1290. The number of pyridine rings is 1. The molecule has 0 atom stereocenters. The van der Waals surface area contributed by atoms with Crippen molar-refractivity contribution in [2.75, 3.05) is 5.32 Å². The van der Waals surface area contributed by atoms with Crippen LogP contribution in [0.25, 0.3) is 27.8 Å². The molecule has 0 unspecified atom stereocenters. The van der Waals surface area contributed by atoms with Crippen molar-refractivity contribution in [1.82, 2.24) is 19.5 Å². The Morgan fingerprint density at radius 1 is 1.03 bits per heavy atom. The molecule has 140 valence electrons. The number of imidazole rings is 1. The van der Waals surface area contributed by atoms with Crippen LogP contribution >= 0.6 is 11.3 Å². The lowest BCUT2D eigenvalue weighted by atomic mass is 10.1. The van der Waals surface area contributed by atoms with Crippen LogP contribution in [0, 0.1) is 0 Å². The quantitative estimate of drug-likeness (QED) is 0.473. The van der Waals surface area contributed by atoms with Crippen molar-refractivity contribution >= 4 is 33.1 Å². The minimum Gasteiger partial charge on any atom is -0.298 e. The van der Waals surface area contributed by atoms with Crippen molar-refractivity contribution in [3.8, 4) is 17.1 Å². The fourth-order valence-corrected chi connectivity index (χ4v) is 3.76. The lowest BCUT2D eigenvalue weighted by Gasteiger charge is -2.04. The maximum Gasteiger partial charge on any atom is 0.259 e. The van der Waals surface area contributed by atoms with Gasteiger partial charge in [0.25, 0.3) is 5.91 Å². The van der Waals surface area contributed by atoms with Gasteiger partial charge in [0, 0.05) is 29.5 Å². The van der Waals surface area contributed by atoms with Gasteiger partial charge in [0.15, 0.2) is 5.13 Å². The molecule has 0 fully saturated rings. The Morgan fingerprint density at radius 2 is 1.93 bits per heavy atom. The first-order chi connectivity index (χ1) is 14.3. The number of carbonyl (C=O) groups excluding carboxylic acids is 1. The lowest BCUT2D eigenvalue weighted by Crippen LogP contribution is -2.12. The second-order valence-corrected chi connectivity index (χ2v) is 7.29. The number of fused-ring (bicyclic) bond motifs is 1. The van der Waals surface area contributed by atoms with E-state index < -0.39 is 0 Å². The molecule has 3 heterocycles. The summed E-state index contributed by atoms with van der Waals surface area (Å²) in [4.78, 5) is 25.4. The highest BCUT2D eigenvalue weighted by Gasteiger charge is 2.11. The van der Waals surface area contributed by atoms with Gasteiger partial charge < -0.3 is 0 Å². The molecule has 0 saturated heterocycles. The lowest BCUT2D eigenvalue weighted by molar-refractivity contribution is 0.102. The summed E-state index contributed by atoms with van der Waals surface area (Å²) in [6.45, 7) is 0. The first kappa shape index (κ1) is 17.3. The van der Waals surface area contributed by atoms with Crippen LogP contribution in [0.1, 0.15) is 10.4 Å². The molecular formula is C22H15N5OS. The highest BCUT2D eigenvalue weighted by atomic mass is 32.1. The molecule has 0 aliphatic rings. The van der Waals surface area contributed by atoms with E-state index in [1.165, 1.54) is 16.7 Å². The third-order valence-electron chi connectivity index (χ3n) is 4.55. The topological polar surface area (TPSA) is 72.7 Å². The highest BCUT2D eigenvalue weighted by molar-refractivity contribution is 7.14. The second kappa shape index (κ2) is 7.29. The normalized spacial score (nSPS) is 10.9.